The molecule has 5 rings (SSSR count). The summed E-state index contributed by atoms with van der Waals surface area (Å²) >= 11 is 0. The minimum atomic E-state index is -0.529. The quantitative estimate of drug-likeness (QED) is 0.411. The third-order valence-corrected chi connectivity index (χ3v) is 7.68. The molecule has 0 aromatic rings. The van der Waals surface area contributed by atoms with E-state index < -0.39 is 11.5 Å². The molecule has 9 unspecified atom stereocenters. The van der Waals surface area contributed by atoms with Crippen LogP contribution < -0.4 is 0 Å². The molecule has 6 heteroatoms. The van der Waals surface area contributed by atoms with E-state index in [1.54, 1.807) is 0 Å². The van der Waals surface area contributed by atoms with Crippen molar-refractivity contribution in [1.29, 1.82) is 0 Å². The fraction of sp³-hybridized carbons (Fsp3) is 0.739. The molecule has 0 saturated heterocycles. The summed E-state index contributed by atoms with van der Waals surface area (Å²) < 4.78 is 11.2. The molecular formula is C23H28O6. The van der Waals surface area contributed by atoms with Gasteiger partial charge in [0.05, 0.1) is 11.8 Å². The Morgan fingerprint density at radius 1 is 0.931 bits per heavy atom. The Morgan fingerprint density at radius 2 is 1.62 bits per heavy atom. The zero-order chi connectivity index (χ0) is 20.7. The maximum Gasteiger partial charge on any atom is 0.309 e. The highest BCUT2D eigenvalue weighted by Gasteiger charge is 2.69. The molecule has 0 amide bonds. The number of fused-ring (bicyclic) bond motifs is 9. The van der Waals surface area contributed by atoms with Gasteiger partial charge in [0.15, 0.2) is 0 Å². The van der Waals surface area contributed by atoms with Gasteiger partial charge in [0, 0.05) is 23.7 Å². The maximum atomic E-state index is 12.9. The highest BCUT2D eigenvalue weighted by atomic mass is 16.6. The van der Waals surface area contributed by atoms with E-state index in [4.69, 9.17) is 9.47 Å². The van der Waals surface area contributed by atoms with Crippen molar-refractivity contribution in [2.45, 2.75) is 58.2 Å². The minimum absolute atomic E-state index is 0.0145. The van der Waals surface area contributed by atoms with E-state index in [9.17, 15) is 19.2 Å². The normalized spacial score (nSPS) is 44.4. The van der Waals surface area contributed by atoms with Crippen molar-refractivity contribution >= 4 is 23.5 Å². The lowest BCUT2D eigenvalue weighted by molar-refractivity contribution is -0.162. The SMILES string of the molecule is CC(C)(C)OC(=O)C1CCC(OC(=O)C2CC3C(=O)C2C2C4C=CC(C4=O)C32)C1. The topological polar surface area (TPSA) is 86.7 Å². The first-order valence-electron chi connectivity index (χ1n) is 10.8. The Kier molecular flexibility index (Phi) is 4.10. The van der Waals surface area contributed by atoms with Crippen LogP contribution in [0.4, 0.5) is 0 Å². The van der Waals surface area contributed by atoms with Crippen molar-refractivity contribution in [3.05, 3.63) is 12.2 Å². The Morgan fingerprint density at radius 3 is 2.31 bits per heavy atom. The molecule has 0 aromatic carbocycles. The second kappa shape index (κ2) is 6.26. The van der Waals surface area contributed by atoms with Gasteiger partial charge in [0.2, 0.25) is 0 Å². The summed E-state index contributed by atoms with van der Waals surface area (Å²) in [6.07, 6.45) is 5.88. The maximum absolute atomic E-state index is 12.9. The van der Waals surface area contributed by atoms with E-state index in [0.29, 0.717) is 25.7 Å². The molecule has 6 nitrogen and oxygen atoms in total. The number of ketones is 2. The summed E-state index contributed by atoms with van der Waals surface area (Å²) in [5.41, 5.74) is -0.529. The highest BCUT2D eigenvalue weighted by molar-refractivity contribution is 6.01. The number of hydrogen-bond acceptors (Lipinski definition) is 6. The molecule has 4 saturated carbocycles. The van der Waals surface area contributed by atoms with Crippen LogP contribution in [-0.4, -0.2) is 35.2 Å². The lowest BCUT2D eigenvalue weighted by Gasteiger charge is -2.33. The van der Waals surface area contributed by atoms with E-state index in [1.807, 2.05) is 32.9 Å². The van der Waals surface area contributed by atoms with Crippen molar-refractivity contribution < 1.29 is 28.7 Å². The molecule has 0 N–H and O–H groups in total. The third-order valence-electron chi connectivity index (χ3n) is 7.68. The van der Waals surface area contributed by atoms with Gasteiger partial charge in [0.25, 0.3) is 0 Å². The van der Waals surface area contributed by atoms with Crippen molar-refractivity contribution in [2.24, 2.45) is 47.3 Å². The molecule has 5 aliphatic carbocycles. The summed E-state index contributed by atoms with van der Waals surface area (Å²) in [7, 11) is 0. The largest absolute Gasteiger partial charge is 0.462 e. The Bertz CT molecular complexity index is 820. The van der Waals surface area contributed by atoms with Crippen LogP contribution in [0.3, 0.4) is 0 Å². The molecule has 4 bridgehead atoms. The van der Waals surface area contributed by atoms with Crippen LogP contribution in [0, 0.1) is 47.3 Å². The second-order valence-electron chi connectivity index (χ2n) is 10.5. The minimum Gasteiger partial charge on any atom is -0.462 e. The number of carbonyl (C=O) groups is 4. The van der Waals surface area contributed by atoms with Gasteiger partial charge in [-0.15, -0.1) is 0 Å². The molecule has 29 heavy (non-hydrogen) atoms. The first-order chi connectivity index (χ1) is 13.7. The van der Waals surface area contributed by atoms with Gasteiger partial charge in [-0.05, 0) is 58.3 Å². The molecule has 0 radical (unpaired) electrons. The molecule has 5 aliphatic rings. The number of rotatable bonds is 3. The molecular weight excluding hydrogens is 372 g/mol. The standard InChI is InChI=1S/C23H28O6/c1-23(2,3)29-21(26)10-4-5-11(8-10)28-22(27)15-9-14-16-12-6-7-13(19(12)24)17(16)18(15)20(14)25/h6-7,10-18H,4-5,8-9H2,1-3H3. The third kappa shape index (κ3) is 2.82. The number of hydrogen-bond donors (Lipinski definition) is 0. The van der Waals surface area contributed by atoms with Crippen LogP contribution in [0.1, 0.15) is 46.5 Å². The average Bonchev–Trinajstić information content (AvgIpc) is 3.41. The van der Waals surface area contributed by atoms with E-state index in [2.05, 4.69) is 0 Å². The predicted molar refractivity (Wildman–Crippen MR) is 101 cm³/mol. The van der Waals surface area contributed by atoms with E-state index in [1.165, 1.54) is 0 Å². The van der Waals surface area contributed by atoms with Crippen molar-refractivity contribution in [3.8, 4) is 0 Å². The van der Waals surface area contributed by atoms with Gasteiger partial charge in [-0.3, -0.25) is 19.2 Å². The zero-order valence-corrected chi connectivity index (χ0v) is 17.1. The van der Waals surface area contributed by atoms with Gasteiger partial charge in [0.1, 0.15) is 23.3 Å². The highest BCUT2D eigenvalue weighted by Crippen LogP contribution is 2.64. The van der Waals surface area contributed by atoms with Crippen molar-refractivity contribution in [3.63, 3.8) is 0 Å². The first kappa shape index (κ1) is 19.0. The predicted octanol–water partition coefficient (Wildman–Crippen LogP) is 2.49. The van der Waals surface area contributed by atoms with Crippen LogP contribution >= 0.6 is 0 Å². The molecule has 0 aromatic heterocycles. The van der Waals surface area contributed by atoms with Gasteiger partial charge in [-0.2, -0.15) is 0 Å². The zero-order valence-electron chi connectivity index (χ0n) is 17.1. The summed E-state index contributed by atoms with van der Waals surface area (Å²) in [6, 6.07) is 0. The molecule has 156 valence electrons. The van der Waals surface area contributed by atoms with Crippen LogP contribution in [0.5, 0.6) is 0 Å². The summed E-state index contributed by atoms with van der Waals surface area (Å²) in [6.45, 7) is 5.52. The summed E-state index contributed by atoms with van der Waals surface area (Å²) in [5.74, 6) is -1.62. The van der Waals surface area contributed by atoms with Gasteiger partial charge in [-0.1, -0.05) is 12.2 Å². The van der Waals surface area contributed by atoms with Crippen LogP contribution in [-0.2, 0) is 28.7 Å². The first-order valence-corrected chi connectivity index (χ1v) is 10.8. The number of esters is 2. The molecule has 9 atom stereocenters. The average molecular weight is 400 g/mol. The fourth-order valence-electron chi connectivity index (χ4n) is 6.67. The lowest BCUT2D eigenvalue weighted by atomic mass is 9.69. The number of ether oxygens (including phenoxy) is 2. The number of allylic oxidation sites excluding steroid dienone is 2. The Hall–Kier alpha value is -1.98. The number of carbonyl (C=O) groups excluding carboxylic acids is 4. The Balaban J connectivity index is 1.22. The monoisotopic (exact) mass is 400 g/mol. The van der Waals surface area contributed by atoms with E-state index >= 15 is 0 Å². The Labute approximate surface area is 170 Å². The van der Waals surface area contributed by atoms with Gasteiger partial charge < -0.3 is 9.47 Å². The lowest BCUT2D eigenvalue weighted by Crippen LogP contribution is -2.36. The van der Waals surface area contributed by atoms with Crippen molar-refractivity contribution in [1.82, 2.24) is 0 Å². The molecule has 0 spiro atoms. The van der Waals surface area contributed by atoms with Crippen LogP contribution in [0.15, 0.2) is 12.2 Å². The van der Waals surface area contributed by atoms with Crippen LogP contribution in [0.25, 0.3) is 0 Å². The molecule has 0 aliphatic heterocycles. The van der Waals surface area contributed by atoms with Crippen LogP contribution in [0.2, 0.25) is 0 Å². The molecule has 0 heterocycles. The van der Waals surface area contributed by atoms with Gasteiger partial charge >= 0.3 is 11.9 Å². The fourth-order valence-corrected chi connectivity index (χ4v) is 6.67. The second-order valence-corrected chi connectivity index (χ2v) is 10.5. The van der Waals surface area contributed by atoms with Gasteiger partial charge in [-0.25, -0.2) is 0 Å². The summed E-state index contributed by atoms with van der Waals surface area (Å²) in [4.78, 5) is 50.5. The van der Waals surface area contributed by atoms with E-state index in [0.717, 1.165) is 0 Å². The van der Waals surface area contributed by atoms with Crippen molar-refractivity contribution in [2.75, 3.05) is 0 Å². The summed E-state index contributed by atoms with van der Waals surface area (Å²) in [5, 5.41) is 0. The number of Topliss-reactive ketones (excluding diaryl/α,β-unsaturated/α-hetero) is 2. The smallest absolute Gasteiger partial charge is 0.309 e. The van der Waals surface area contributed by atoms with E-state index in [-0.39, 0.29) is 71.0 Å². The molecule has 4 fully saturated rings.